The molecule has 0 aliphatic heterocycles. The monoisotopic (exact) mass is 333 g/mol. The third-order valence-electron chi connectivity index (χ3n) is 4.21. The molecular weight excluding hydrogens is 310 g/mol. The van der Waals surface area contributed by atoms with Crippen LogP contribution in [0, 0.1) is 0 Å². The first-order valence-electron chi connectivity index (χ1n) is 8.06. The zero-order valence-electron chi connectivity index (χ0n) is 13.8. The van der Waals surface area contributed by atoms with Crippen molar-refractivity contribution in [1.82, 2.24) is 4.90 Å². The minimum atomic E-state index is -0.718. The van der Waals surface area contributed by atoms with Crippen LogP contribution in [0.4, 0.5) is 10.5 Å². The van der Waals surface area contributed by atoms with Crippen molar-refractivity contribution in [3.63, 3.8) is 0 Å². The predicted octanol–water partition coefficient (Wildman–Crippen LogP) is 2.13. The molecule has 3 N–H and O–H groups in total. The maximum Gasteiger partial charge on any atom is 0.338 e. The summed E-state index contributed by atoms with van der Waals surface area (Å²) in [5.41, 5.74) is 5.67. The molecular formula is C17H23N3O4. The number of carbonyl (C=O) groups is 3. The number of nitrogens with zero attached hydrogens (tertiary/aromatic N) is 1. The second-order valence-electron chi connectivity index (χ2n) is 5.94. The molecule has 1 aromatic carbocycles. The number of rotatable bonds is 5. The Hall–Kier alpha value is -2.57. The maximum atomic E-state index is 12.2. The minimum Gasteiger partial charge on any atom is -0.452 e. The standard InChI is InChI=1S/C17H23N3O4/c1-20(14-8-3-2-4-9-14)15(21)11-24-16(22)12-6-5-7-13(10-12)19-17(18)23/h5-7,10,14H,2-4,8-9,11H2,1H3,(H3,18,19,23). The molecule has 1 aromatic rings. The van der Waals surface area contributed by atoms with Crippen LogP contribution in [0.2, 0.25) is 0 Å². The van der Waals surface area contributed by atoms with Crippen LogP contribution in [0.5, 0.6) is 0 Å². The molecule has 2 rings (SSSR count). The fourth-order valence-electron chi connectivity index (χ4n) is 2.85. The van der Waals surface area contributed by atoms with Crippen molar-refractivity contribution in [2.45, 2.75) is 38.1 Å². The van der Waals surface area contributed by atoms with Crippen LogP contribution in [0.1, 0.15) is 42.5 Å². The molecule has 0 heterocycles. The molecule has 24 heavy (non-hydrogen) atoms. The Bertz CT molecular complexity index is 612. The zero-order chi connectivity index (χ0) is 17.5. The second-order valence-corrected chi connectivity index (χ2v) is 5.94. The lowest BCUT2D eigenvalue weighted by Crippen LogP contribution is -2.40. The van der Waals surface area contributed by atoms with E-state index in [1.165, 1.54) is 12.5 Å². The van der Waals surface area contributed by atoms with Crippen molar-refractivity contribution in [3.8, 4) is 0 Å². The highest BCUT2D eigenvalue weighted by molar-refractivity contribution is 5.94. The summed E-state index contributed by atoms with van der Waals surface area (Å²) in [6, 6.07) is 5.70. The highest BCUT2D eigenvalue weighted by Gasteiger charge is 2.23. The van der Waals surface area contributed by atoms with Gasteiger partial charge in [-0.25, -0.2) is 9.59 Å². The van der Waals surface area contributed by atoms with E-state index in [9.17, 15) is 14.4 Å². The smallest absolute Gasteiger partial charge is 0.338 e. The van der Waals surface area contributed by atoms with E-state index in [2.05, 4.69) is 5.32 Å². The largest absolute Gasteiger partial charge is 0.452 e. The van der Waals surface area contributed by atoms with E-state index < -0.39 is 12.0 Å². The summed E-state index contributed by atoms with van der Waals surface area (Å²) in [4.78, 5) is 36.7. The Morgan fingerprint density at radius 3 is 2.62 bits per heavy atom. The van der Waals surface area contributed by atoms with E-state index in [-0.39, 0.29) is 24.1 Å². The van der Waals surface area contributed by atoms with E-state index in [0.29, 0.717) is 5.69 Å². The Morgan fingerprint density at radius 2 is 1.96 bits per heavy atom. The number of nitrogens with two attached hydrogens (primary N) is 1. The molecule has 0 unspecified atom stereocenters. The molecule has 1 saturated carbocycles. The first-order chi connectivity index (χ1) is 11.5. The quantitative estimate of drug-likeness (QED) is 0.806. The van der Waals surface area contributed by atoms with Gasteiger partial charge in [0.1, 0.15) is 0 Å². The topological polar surface area (TPSA) is 102 Å². The molecule has 1 aliphatic rings. The zero-order valence-corrected chi connectivity index (χ0v) is 13.8. The van der Waals surface area contributed by atoms with Gasteiger partial charge >= 0.3 is 12.0 Å². The van der Waals surface area contributed by atoms with Gasteiger partial charge in [0.25, 0.3) is 5.91 Å². The number of esters is 1. The molecule has 0 bridgehead atoms. The Morgan fingerprint density at radius 1 is 1.25 bits per heavy atom. The van der Waals surface area contributed by atoms with Crippen LogP contribution < -0.4 is 11.1 Å². The van der Waals surface area contributed by atoms with E-state index in [0.717, 1.165) is 25.7 Å². The van der Waals surface area contributed by atoms with Crippen LogP contribution in [0.3, 0.4) is 0 Å². The number of hydrogen-bond donors (Lipinski definition) is 2. The molecule has 7 nitrogen and oxygen atoms in total. The van der Waals surface area contributed by atoms with E-state index in [4.69, 9.17) is 10.5 Å². The molecule has 7 heteroatoms. The van der Waals surface area contributed by atoms with Crippen molar-refractivity contribution < 1.29 is 19.1 Å². The molecule has 0 atom stereocenters. The fourth-order valence-corrected chi connectivity index (χ4v) is 2.85. The Kier molecular flexibility index (Phi) is 6.17. The van der Waals surface area contributed by atoms with Crippen LogP contribution in [0.15, 0.2) is 24.3 Å². The highest BCUT2D eigenvalue weighted by Crippen LogP contribution is 2.21. The van der Waals surface area contributed by atoms with E-state index >= 15 is 0 Å². The number of hydrogen-bond acceptors (Lipinski definition) is 4. The van der Waals surface area contributed by atoms with Gasteiger partial charge in [0, 0.05) is 18.8 Å². The minimum absolute atomic E-state index is 0.207. The summed E-state index contributed by atoms with van der Waals surface area (Å²) in [7, 11) is 1.75. The molecule has 3 amide bonds. The van der Waals surface area contributed by atoms with E-state index in [1.807, 2.05) is 0 Å². The number of likely N-dealkylation sites (N-methyl/N-ethyl adjacent to an activating group) is 1. The lowest BCUT2D eigenvalue weighted by Gasteiger charge is -2.31. The average Bonchev–Trinajstić information content (AvgIpc) is 2.59. The maximum absolute atomic E-state index is 12.2. The summed E-state index contributed by atoms with van der Waals surface area (Å²) >= 11 is 0. The third-order valence-corrected chi connectivity index (χ3v) is 4.21. The molecule has 0 saturated heterocycles. The van der Waals surface area contributed by atoms with Crippen LogP contribution >= 0.6 is 0 Å². The number of urea groups is 1. The van der Waals surface area contributed by atoms with Crippen molar-refractivity contribution in [3.05, 3.63) is 29.8 Å². The molecule has 0 aromatic heterocycles. The Labute approximate surface area is 141 Å². The summed E-state index contributed by atoms with van der Waals surface area (Å²) in [5.74, 6) is -0.824. The highest BCUT2D eigenvalue weighted by atomic mass is 16.5. The van der Waals surface area contributed by atoms with Gasteiger partial charge in [-0.15, -0.1) is 0 Å². The van der Waals surface area contributed by atoms with Gasteiger partial charge in [0.05, 0.1) is 5.56 Å². The molecule has 0 radical (unpaired) electrons. The lowest BCUT2D eigenvalue weighted by atomic mass is 9.94. The van der Waals surface area contributed by atoms with Gasteiger partial charge < -0.3 is 20.7 Å². The van der Waals surface area contributed by atoms with Gasteiger partial charge in [-0.05, 0) is 31.0 Å². The molecule has 1 fully saturated rings. The fraction of sp³-hybridized carbons (Fsp3) is 0.471. The lowest BCUT2D eigenvalue weighted by molar-refractivity contribution is -0.135. The average molecular weight is 333 g/mol. The van der Waals surface area contributed by atoms with Gasteiger partial charge in [0.15, 0.2) is 6.61 Å². The van der Waals surface area contributed by atoms with Gasteiger partial charge in [-0.3, -0.25) is 4.79 Å². The number of nitrogens with one attached hydrogen (secondary N) is 1. The number of amides is 3. The number of anilines is 1. The predicted molar refractivity (Wildman–Crippen MR) is 89.6 cm³/mol. The first kappa shape index (κ1) is 17.8. The summed E-state index contributed by atoms with van der Waals surface area (Å²) in [6.07, 6.45) is 5.46. The second kappa shape index (κ2) is 8.33. The summed E-state index contributed by atoms with van der Waals surface area (Å²) in [6.45, 7) is -0.292. The first-order valence-corrected chi connectivity index (χ1v) is 8.06. The van der Waals surface area contributed by atoms with Crippen molar-refractivity contribution in [2.24, 2.45) is 5.73 Å². The van der Waals surface area contributed by atoms with Crippen molar-refractivity contribution >= 4 is 23.6 Å². The molecule has 0 spiro atoms. The van der Waals surface area contributed by atoms with Crippen molar-refractivity contribution in [1.29, 1.82) is 0 Å². The Balaban J connectivity index is 1.87. The SMILES string of the molecule is CN(C(=O)COC(=O)c1cccc(NC(N)=O)c1)C1CCCCC1. The van der Waals surface area contributed by atoms with Gasteiger partial charge in [-0.1, -0.05) is 25.3 Å². The number of benzene rings is 1. The van der Waals surface area contributed by atoms with Gasteiger partial charge in [-0.2, -0.15) is 0 Å². The number of ether oxygens (including phenoxy) is 1. The normalized spacial score (nSPS) is 14.7. The summed E-state index contributed by atoms with van der Waals surface area (Å²) in [5, 5.41) is 2.38. The third kappa shape index (κ3) is 4.97. The van der Waals surface area contributed by atoms with E-state index in [1.54, 1.807) is 30.1 Å². The van der Waals surface area contributed by atoms with Crippen LogP contribution in [0.25, 0.3) is 0 Å². The number of carbonyl (C=O) groups excluding carboxylic acids is 3. The molecule has 130 valence electrons. The summed E-state index contributed by atoms with van der Waals surface area (Å²) < 4.78 is 5.09. The van der Waals surface area contributed by atoms with Gasteiger partial charge in [0.2, 0.25) is 0 Å². The van der Waals surface area contributed by atoms with Crippen LogP contribution in [-0.4, -0.2) is 42.5 Å². The van der Waals surface area contributed by atoms with Crippen LogP contribution in [-0.2, 0) is 9.53 Å². The number of primary amides is 1. The molecule has 1 aliphatic carbocycles. The van der Waals surface area contributed by atoms with Crippen molar-refractivity contribution in [2.75, 3.05) is 19.0 Å².